The number of aromatic nitrogens is 2. The van der Waals surface area contributed by atoms with Gasteiger partial charge in [-0.2, -0.15) is 9.41 Å². The Bertz CT molecular complexity index is 1230. The molecule has 178 valence electrons. The zero-order valence-electron chi connectivity index (χ0n) is 18.9. The van der Waals surface area contributed by atoms with Crippen molar-refractivity contribution in [1.82, 2.24) is 19.3 Å². The Kier molecular flexibility index (Phi) is 7.51. The summed E-state index contributed by atoms with van der Waals surface area (Å²) < 4.78 is 34.0. The Hall–Kier alpha value is -3.34. The number of carbonyl (C=O) groups excluding carboxylic acids is 1. The number of nitrogens with one attached hydrogen (secondary N) is 1. The summed E-state index contributed by atoms with van der Waals surface area (Å²) in [5.41, 5.74) is 6.06. The maximum Gasteiger partial charge on any atom is 0.243 e. The van der Waals surface area contributed by atoms with Crippen LogP contribution in [0.25, 0.3) is 5.69 Å². The molecule has 1 fully saturated rings. The van der Waals surface area contributed by atoms with Gasteiger partial charge in [-0.25, -0.2) is 18.8 Å². The first-order valence-corrected chi connectivity index (χ1v) is 12.5. The Morgan fingerprint density at radius 2 is 1.79 bits per heavy atom. The highest BCUT2D eigenvalue weighted by molar-refractivity contribution is 7.89. The molecule has 0 unspecified atom stereocenters. The van der Waals surface area contributed by atoms with E-state index in [2.05, 4.69) is 15.5 Å². The van der Waals surface area contributed by atoms with Crippen molar-refractivity contribution in [3.8, 4) is 5.69 Å². The molecule has 1 aliphatic rings. The fraction of sp³-hybridized carbons (Fsp3) is 0.292. The number of morpholine rings is 1. The third-order valence-corrected chi connectivity index (χ3v) is 7.52. The van der Waals surface area contributed by atoms with Gasteiger partial charge >= 0.3 is 0 Å². The predicted octanol–water partition coefficient (Wildman–Crippen LogP) is 2.37. The highest BCUT2D eigenvalue weighted by Gasteiger charge is 2.26. The lowest BCUT2D eigenvalue weighted by atomic mass is 10.1. The van der Waals surface area contributed by atoms with E-state index < -0.39 is 10.0 Å². The van der Waals surface area contributed by atoms with Crippen LogP contribution in [-0.4, -0.2) is 60.2 Å². The summed E-state index contributed by atoms with van der Waals surface area (Å²) in [4.78, 5) is 16.5. The smallest absolute Gasteiger partial charge is 0.243 e. The molecule has 1 aliphatic heterocycles. The zero-order chi connectivity index (χ0) is 24.0. The second-order valence-corrected chi connectivity index (χ2v) is 9.85. The van der Waals surface area contributed by atoms with Gasteiger partial charge in [0.2, 0.25) is 15.9 Å². The average Bonchev–Trinajstić information content (AvgIpc) is 3.42. The molecule has 2 heterocycles. The number of amides is 1. The molecule has 3 aromatic rings. The van der Waals surface area contributed by atoms with Crippen molar-refractivity contribution in [1.29, 1.82) is 0 Å². The van der Waals surface area contributed by atoms with Crippen LogP contribution in [0.5, 0.6) is 0 Å². The summed E-state index contributed by atoms with van der Waals surface area (Å²) in [6.07, 6.45) is 6.04. The first-order chi connectivity index (χ1) is 16.4. The quantitative estimate of drug-likeness (QED) is 0.393. The SMILES string of the molecule is C/C(=N\NC(=O)CCc1ccc(S(=O)(=O)N2CCOCC2)cc1)c1ccc(-n2ccnc2)cc1. The lowest BCUT2D eigenvalue weighted by Crippen LogP contribution is -2.40. The van der Waals surface area contributed by atoms with Crippen LogP contribution >= 0.6 is 0 Å². The lowest BCUT2D eigenvalue weighted by Gasteiger charge is -2.26. The number of hydrogen-bond acceptors (Lipinski definition) is 6. The number of sulfonamides is 1. The van der Waals surface area contributed by atoms with Gasteiger partial charge in [0.25, 0.3) is 0 Å². The third-order valence-electron chi connectivity index (χ3n) is 5.61. The Morgan fingerprint density at radius 1 is 1.09 bits per heavy atom. The van der Waals surface area contributed by atoms with E-state index >= 15 is 0 Å². The Labute approximate surface area is 199 Å². The van der Waals surface area contributed by atoms with Gasteiger partial charge in [-0.05, 0) is 48.7 Å². The second-order valence-electron chi connectivity index (χ2n) is 7.91. The van der Waals surface area contributed by atoms with Gasteiger partial charge in [-0.3, -0.25) is 4.79 Å². The largest absolute Gasteiger partial charge is 0.379 e. The van der Waals surface area contributed by atoms with Crippen LogP contribution in [0.3, 0.4) is 0 Å². The number of benzene rings is 2. The van der Waals surface area contributed by atoms with Crippen LogP contribution in [0.15, 0.2) is 77.2 Å². The highest BCUT2D eigenvalue weighted by Crippen LogP contribution is 2.18. The monoisotopic (exact) mass is 481 g/mol. The summed E-state index contributed by atoms with van der Waals surface area (Å²) in [5, 5.41) is 4.20. The topological polar surface area (TPSA) is 106 Å². The summed E-state index contributed by atoms with van der Waals surface area (Å²) in [6.45, 7) is 3.37. The van der Waals surface area contributed by atoms with Gasteiger partial charge in [0.15, 0.2) is 0 Å². The van der Waals surface area contributed by atoms with Crippen LogP contribution < -0.4 is 5.43 Å². The van der Waals surface area contributed by atoms with Crippen molar-refractivity contribution in [2.24, 2.45) is 5.10 Å². The number of rotatable bonds is 8. The number of carbonyl (C=O) groups is 1. The number of hydrazone groups is 1. The molecular formula is C24H27N5O4S. The fourth-order valence-electron chi connectivity index (χ4n) is 3.58. The third kappa shape index (κ3) is 5.77. The second kappa shape index (κ2) is 10.7. The van der Waals surface area contributed by atoms with E-state index in [9.17, 15) is 13.2 Å². The first kappa shape index (κ1) is 23.8. The van der Waals surface area contributed by atoms with E-state index in [-0.39, 0.29) is 17.2 Å². The highest BCUT2D eigenvalue weighted by atomic mass is 32.2. The van der Waals surface area contributed by atoms with E-state index in [1.165, 1.54) is 4.31 Å². The molecule has 0 radical (unpaired) electrons. The van der Waals surface area contributed by atoms with Gasteiger partial charge in [0, 0.05) is 37.6 Å². The van der Waals surface area contributed by atoms with Crippen molar-refractivity contribution in [2.75, 3.05) is 26.3 Å². The summed E-state index contributed by atoms with van der Waals surface area (Å²) in [7, 11) is -3.52. The van der Waals surface area contributed by atoms with Gasteiger partial charge in [0.1, 0.15) is 0 Å². The number of aryl methyl sites for hydroxylation is 1. The summed E-state index contributed by atoms with van der Waals surface area (Å²) in [6, 6.07) is 14.5. The summed E-state index contributed by atoms with van der Waals surface area (Å²) >= 11 is 0. The van der Waals surface area contributed by atoms with E-state index in [0.29, 0.717) is 38.4 Å². The van der Waals surface area contributed by atoms with Crippen LogP contribution in [0.2, 0.25) is 0 Å². The standard InChI is InChI=1S/C24H27N5O4S/c1-19(21-5-7-22(8-6-21)28-13-12-25-18-28)26-27-24(30)11-4-20-2-9-23(10-3-20)34(31,32)29-14-16-33-17-15-29/h2-3,5-10,12-13,18H,4,11,14-17H2,1H3,(H,27,30)/b26-19+. The molecule has 1 amide bonds. The van der Waals surface area contributed by atoms with E-state index in [1.54, 1.807) is 36.8 Å². The molecule has 0 atom stereocenters. The van der Waals surface area contributed by atoms with Crippen LogP contribution in [-0.2, 0) is 26.0 Å². The van der Waals surface area contributed by atoms with Crippen molar-refractivity contribution < 1.29 is 17.9 Å². The molecule has 0 saturated carbocycles. The molecule has 9 nitrogen and oxygen atoms in total. The molecule has 2 aromatic carbocycles. The van der Waals surface area contributed by atoms with E-state index in [1.807, 2.05) is 42.0 Å². The predicted molar refractivity (Wildman–Crippen MR) is 128 cm³/mol. The van der Waals surface area contributed by atoms with E-state index in [4.69, 9.17) is 4.74 Å². The van der Waals surface area contributed by atoms with Crippen LogP contribution in [0, 0.1) is 0 Å². The molecule has 0 spiro atoms. The minimum absolute atomic E-state index is 0.209. The molecule has 4 rings (SSSR count). The van der Waals surface area contributed by atoms with Crippen molar-refractivity contribution in [3.63, 3.8) is 0 Å². The average molecular weight is 482 g/mol. The molecule has 1 aromatic heterocycles. The molecule has 34 heavy (non-hydrogen) atoms. The van der Waals surface area contributed by atoms with E-state index in [0.717, 1.165) is 16.8 Å². The number of imidazole rings is 1. The van der Waals surface area contributed by atoms with Gasteiger partial charge in [-0.15, -0.1) is 0 Å². The first-order valence-electron chi connectivity index (χ1n) is 11.0. The number of nitrogens with zero attached hydrogens (tertiary/aromatic N) is 4. The van der Waals surface area contributed by atoms with Crippen LogP contribution in [0.4, 0.5) is 0 Å². The minimum atomic E-state index is -3.52. The van der Waals surface area contributed by atoms with Crippen LogP contribution in [0.1, 0.15) is 24.5 Å². The van der Waals surface area contributed by atoms with Crippen molar-refractivity contribution in [3.05, 3.63) is 78.4 Å². The number of hydrogen-bond donors (Lipinski definition) is 1. The lowest BCUT2D eigenvalue weighted by molar-refractivity contribution is -0.121. The normalized spacial score (nSPS) is 15.3. The maximum atomic E-state index is 12.7. The Balaban J connectivity index is 1.28. The molecular weight excluding hydrogens is 454 g/mol. The van der Waals surface area contributed by atoms with Crippen molar-refractivity contribution in [2.45, 2.75) is 24.7 Å². The van der Waals surface area contributed by atoms with Crippen molar-refractivity contribution >= 4 is 21.6 Å². The molecule has 1 N–H and O–H groups in total. The molecule has 0 aliphatic carbocycles. The molecule has 0 bridgehead atoms. The maximum absolute atomic E-state index is 12.7. The Morgan fingerprint density at radius 3 is 2.44 bits per heavy atom. The number of ether oxygens (including phenoxy) is 1. The van der Waals surface area contributed by atoms with Gasteiger partial charge < -0.3 is 9.30 Å². The molecule has 1 saturated heterocycles. The van der Waals surface area contributed by atoms with Gasteiger partial charge in [-0.1, -0.05) is 24.3 Å². The minimum Gasteiger partial charge on any atom is -0.379 e. The van der Waals surface area contributed by atoms with Gasteiger partial charge in [0.05, 0.1) is 30.1 Å². The summed E-state index contributed by atoms with van der Waals surface area (Å²) in [5.74, 6) is -0.209. The fourth-order valence-corrected chi connectivity index (χ4v) is 4.98. The molecule has 10 heteroatoms. The zero-order valence-corrected chi connectivity index (χ0v) is 19.7.